The van der Waals surface area contributed by atoms with Gasteiger partial charge in [0.05, 0.1) is 14.8 Å². The van der Waals surface area contributed by atoms with Gasteiger partial charge in [0.2, 0.25) is 0 Å². The quantitative estimate of drug-likeness (QED) is 0.489. The highest BCUT2D eigenvalue weighted by Crippen LogP contribution is 2.26. The van der Waals surface area contributed by atoms with Gasteiger partial charge in [0.1, 0.15) is 5.75 Å². The molecule has 0 radical (unpaired) electrons. The molecule has 4 heteroatoms. The first-order chi connectivity index (χ1) is 10.5. The fraction of sp³-hybridized carbons (Fsp3) is 0.111. The predicted molar refractivity (Wildman–Crippen MR) is 99.3 cm³/mol. The molecule has 0 amide bonds. The normalized spacial score (nSPS) is 11.4. The minimum Gasteiger partial charge on any atom is -0.506 e. The van der Waals surface area contributed by atoms with E-state index >= 15 is 0 Å². The van der Waals surface area contributed by atoms with Crippen LogP contribution in [0, 0.1) is 17.4 Å². The van der Waals surface area contributed by atoms with Crippen molar-refractivity contribution in [2.75, 3.05) is 0 Å². The molecule has 1 heterocycles. The largest absolute Gasteiger partial charge is 0.506 e. The summed E-state index contributed by atoms with van der Waals surface area (Å²) < 4.78 is 0.831. The fourth-order valence-corrected chi connectivity index (χ4v) is 3.10. The molecule has 0 fully saturated rings. The number of aliphatic imine (C=N–C) groups is 1. The Morgan fingerprint density at radius 2 is 1.91 bits per heavy atom. The molecule has 0 aliphatic carbocycles. The Hall–Kier alpha value is -1.95. The van der Waals surface area contributed by atoms with Crippen LogP contribution in [0.25, 0.3) is 10.9 Å². The zero-order valence-corrected chi connectivity index (χ0v) is 14.5. The summed E-state index contributed by atoms with van der Waals surface area (Å²) in [7, 11) is 0. The van der Waals surface area contributed by atoms with Crippen LogP contribution in [0.15, 0.2) is 47.5 Å². The highest BCUT2D eigenvalue weighted by atomic mass is 127. The number of aromatic hydroxyl groups is 1. The molecule has 0 bridgehead atoms. The molecule has 0 saturated carbocycles. The third kappa shape index (κ3) is 3.11. The Labute approximate surface area is 142 Å². The minimum absolute atomic E-state index is 0.271. The van der Waals surface area contributed by atoms with Gasteiger partial charge in [0.15, 0.2) is 0 Å². The molecule has 2 aromatic carbocycles. The molecule has 1 aromatic heterocycles. The molecule has 0 unspecified atom stereocenters. The SMILES string of the molecule is Cc1cc(I)c(O)c(C=Nc2ccc3nc(C)ccc3c2)c1. The van der Waals surface area contributed by atoms with Crippen molar-refractivity contribution in [2.45, 2.75) is 13.8 Å². The maximum absolute atomic E-state index is 10.1. The molecule has 1 N–H and O–H groups in total. The van der Waals surface area contributed by atoms with Crippen molar-refractivity contribution < 1.29 is 5.11 Å². The lowest BCUT2D eigenvalue weighted by molar-refractivity contribution is 0.470. The molecule has 0 saturated heterocycles. The molecular formula is C18H15IN2O. The van der Waals surface area contributed by atoms with E-state index in [1.54, 1.807) is 6.21 Å². The van der Waals surface area contributed by atoms with Gasteiger partial charge in [0, 0.05) is 22.9 Å². The Morgan fingerprint density at radius 3 is 2.73 bits per heavy atom. The zero-order valence-electron chi connectivity index (χ0n) is 12.3. The van der Waals surface area contributed by atoms with Gasteiger partial charge < -0.3 is 5.11 Å². The number of rotatable bonds is 2. The second-order valence-electron chi connectivity index (χ2n) is 5.27. The molecule has 0 aliphatic heterocycles. The van der Waals surface area contributed by atoms with Crippen molar-refractivity contribution >= 4 is 45.4 Å². The van der Waals surface area contributed by atoms with E-state index in [1.807, 2.05) is 56.3 Å². The Balaban J connectivity index is 1.97. The third-order valence-electron chi connectivity index (χ3n) is 3.40. The zero-order chi connectivity index (χ0) is 15.7. The third-order valence-corrected chi connectivity index (χ3v) is 4.22. The predicted octanol–water partition coefficient (Wildman–Crippen LogP) is 4.91. The minimum atomic E-state index is 0.271. The molecule has 0 spiro atoms. The molecule has 3 aromatic rings. The first-order valence-electron chi connectivity index (χ1n) is 6.93. The van der Waals surface area contributed by atoms with Crippen LogP contribution < -0.4 is 0 Å². The molecule has 110 valence electrons. The number of phenols is 1. The number of aryl methyl sites for hydroxylation is 2. The Bertz CT molecular complexity index is 888. The van der Waals surface area contributed by atoms with Crippen molar-refractivity contribution in [2.24, 2.45) is 4.99 Å². The lowest BCUT2D eigenvalue weighted by Gasteiger charge is -2.04. The van der Waals surface area contributed by atoms with Crippen LogP contribution in [-0.2, 0) is 0 Å². The van der Waals surface area contributed by atoms with Gasteiger partial charge in [0.25, 0.3) is 0 Å². The number of phenolic OH excluding ortho intramolecular Hbond substituents is 1. The van der Waals surface area contributed by atoms with E-state index in [4.69, 9.17) is 0 Å². The van der Waals surface area contributed by atoms with Crippen LogP contribution in [-0.4, -0.2) is 16.3 Å². The van der Waals surface area contributed by atoms with E-state index in [9.17, 15) is 5.11 Å². The highest BCUT2D eigenvalue weighted by Gasteiger charge is 2.04. The number of aromatic nitrogens is 1. The van der Waals surface area contributed by atoms with Crippen molar-refractivity contribution in [3.8, 4) is 5.75 Å². The van der Waals surface area contributed by atoms with E-state index in [0.717, 1.165) is 37.0 Å². The van der Waals surface area contributed by atoms with E-state index in [0.29, 0.717) is 0 Å². The maximum Gasteiger partial charge on any atom is 0.137 e. The number of halogens is 1. The topological polar surface area (TPSA) is 45.5 Å². The number of pyridine rings is 1. The second kappa shape index (κ2) is 6.04. The summed E-state index contributed by atoms with van der Waals surface area (Å²) in [6, 6.07) is 13.8. The molecular weight excluding hydrogens is 387 g/mol. The standard InChI is InChI=1S/C18H15IN2O/c1-11-7-14(18(22)16(19)8-11)10-20-15-5-6-17-13(9-15)4-3-12(2)21-17/h3-10,22H,1-2H3. The number of nitrogens with zero attached hydrogens (tertiary/aromatic N) is 2. The first kappa shape index (κ1) is 15.0. The van der Waals surface area contributed by atoms with Crippen LogP contribution in [0.3, 0.4) is 0 Å². The summed E-state index contributed by atoms with van der Waals surface area (Å²) in [6.07, 6.45) is 1.70. The van der Waals surface area contributed by atoms with Gasteiger partial charge in [-0.2, -0.15) is 0 Å². The highest BCUT2D eigenvalue weighted by molar-refractivity contribution is 14.1. The van der Waals surface area contributed by atoms with Gasteiger partial charge in [-0.15, -0.1) is 0 Å². The van der Waals surface area contributed by atoms with Gasteiger partial charge in [-0.25, -0.2) is 0 Å². The van der Waals surface area contributed by atoms with Crippen molar-refractivity contribution in [1.82, 2.24) is 4.98 Å². The molecule has 22 heavy (non-hydrogen) atoms. The van der Waals surface area contributed by atoms with Crippen LogP contribution in [0.1, 0.15) is 16.8 Å². The van der Waals surface area contributed by atoms with E-state index in [2.05, 4.69) is 32.6 Å². The lowest BCUT2D eigenvalue weighted by atomic mass is 10.1. The van der Waals surface area contributed by atoms with Gasteiger partial charge in [-0.05, 0) is 78.4 Å². The monoisotopic (exact) mass is 402 g/mol. The summed E-state index contributed by atoms with van der Waals surface area (Å²) in [6.45, 7) is 3.98. The molecule has 0 atom stereocenters. The van der Waals surface area contributed by atoms with E-state index in [1.165, 1.54) is 0 Å². The average molecular weight is 402 g/mol. The van der Waals surface area contributed by atoms with Crippen LogP contribution in [0.4, 0.5) is 5.69 Å². The van der Waals surface area contributed by atoms with E-state index in [-0.39, 0.29) is 5.75 Å². The van der Waals surface area contributed by atoms with Crippen LogP contribution >= 0.6 is 22.6 Å². The van der Waals surface area contributed by atoms with Crippen molar-refractivity contribution in [3.63, 3.8) is 0 Å². The van der Waals surface area contributed by atoms with Gasteiger partial charge in [-0.1, -0.05) is 6.07 Å². The maximum atomic E-state index is 10.1. The van der Waals surface area contributed by atoms with Gasteiger partial charge >= 0.3 is 0 Å². The number of hydrogen-bond donors (Lipinski definition) is 1. The van der Waals surface area contributed by atoms with Gasteiger partial charge in [-0.3, -0.25) is 9.98 Å². The fourth-order valence-electron chi connectivity index (χ4n) is 2.30. The number of fused-ring (bicyclic) bond motifs is 1. The number of benzene rings is 2. The van der Waals surface area contributed by atoms with Crippen LogP contribution in [0.2, 0.25) is 0 Å². The summed E-state index contributed by atoms with van der Waals surface area (Å²) in [5, 5.41) is 11.2. The Kier molecular flexibility index (Phi) is 4.11. The lowest BCUT2D eigenvalue weighted by Crippen LogP contribution is -1.88. The second-order valence-corrected chi connectivity index (χ2v) is 6.43. The smallest absolute Gasteiger partial charge is 0.137 e. The van der Waals surface area contributed by atoms with Crippen molar-refractivity contribution in [3.05, 3.63) is 62.9 Å². The average Bonchev–Trinajstić information content (AvgIpc) is 2.49. The van der Waals surface area contributed by atoms with Crippen molar-refractivity contribution in [1.29, 1.82) is 0 Å². The Morgan fingerprint density at radius 1 is 1.09 bits per heavy atom. The number of hydrogen-bond acceptors (Lipinski definition) is 3. The molecule has 3 rings (SSSR count). The molecule has 3 nitrogen and oxygen atoms in total. The van der Waals surface area contributed by atoms with Crippen LogP contribution in [0.5, 0.6) is 5.75 Å². The molecule has 0 aliphatic rings. The summed E-state index contributed by atoms with van der Waals surface area (Å²) in [5.41, 5.74) is 4.64. The first-order valence-corrected chi connectivity index (χ1v) is 8.01. The summed E-state index contributed by atoms with van der Waals surface area (Å²) >= 11 is 2.12. The van der Waals surface area contributed by atoms with E-state index < -0.39 is 0 Å². The summed E-state index contributed by atoms with van der Waals surface area (Å²) in [5.74, 6) is 0.271. The summed E-state index contributed by atoms with van der Waals surface area (Å²) in [4.78, 5) is 8.96.